The molecule has 0 spiro atoms. The fourth-order valence-electron chi connectivity index (χ4n) is 2.44. The van der Waals surface area contributed by atoms with E-state index >= 15 is 0 Å². The van der Waals surface area contributed by atoms with E-state index in [0.29, 0.717) is 10.00 Å². The molecule has 1 aromatic carbocycles. The maximum absolute atomic E-state index is 13.6. The van der Waals surface area contributed by atoms with Crippen LogP contribution in [0.15, 0.2) is 47.5 Å². The number of aryl methyl sites for hydroxylation is 1. The smallest absolute Gasteiger partial charge is 0.240 e. The van der Waals surface area contributed by atoms with E-state index in [1.54, 1.807) is 0 Å². The Balaban J connectivity index is 2.59. The lowest BCUT2D eigenvalue weighted by molar-refractivity contribution is -0.173. The van der Waals surface area contributed by atoms with Gasteiger partial charge in [-0.15, -0.1) is 0 Å². The maximum atomic E-state index is 13.6. The maximum Gasteiger partial charge on any atom is 0.409 e. The van der Waals surface area contributed by atoms with E-state index in [0.717, 1.165) is 30.3 Å². The van der Waals surface area contributed by atoms with E-state index in [2.05, 4.69) is 4.98 Å². The van der Waals surface area contributed by atoms with Gasteiger partial charge in [-0.05, 0) is 36.8 Å². The Morgan fingerprint density at radius 1 is 1.12 bits per heavy atom. The lowest BCUT2D eigenvalue weighted by atomic mass is 10.1. The number of nitrogens with zero attached hydrogens (tertiary/aromatic N) is 2. The van der Waals surface area contributed by atoms with E-state index in [-0.39, 0.29) is 5.56 Å². The summed E-state index contributed by atoms with van der Waals surface area (Å²) in [5, 5.41) is -0.467. The monoisotopic (exact) mass is 376 g/mol. The van der Waals surface area contributed by atoms with Crippen LogP contribution >= 0.6 is 0 Å². The van der Waals surface area contributed by atoms with Crippen molar-refractivity contribution >= 4 is 10.0 Å². The van der Waals surface area contributed by atoms with E-state index in [9.17, 15) is 26.0 Å². The molecule has 25 heavy (non-hydrogen) atoms. The predicted octanol–water partition coefficient (Wildman–Crippen LogP) is 3.84. The van der Waals surface area contributed by atoms with Crippen LogP contribution in [-0.2, 0) is 10.0 Å². The predicted molar refractivity (Wildman–Crippen MR) is 83.7 cm³/mol. The highest BCUT2D eigenvalue weighted by atomic mass is 32.2. The molecule has 0 amide bonds. The van der Waals surface area contributed by atoms with Crippen molar-refractivity contribution in [2.24, 2.45) is 0 Å². The van der Waals surface area contributed by atoms with Gasteiger partial charge in [0.2, 0.25) is 0 Å². The van der Waals surface area contributed by atoms with Crippen molar-refractivity contribution in [3.05, 3.63) is 59.5 Å². The van der Waals surface area contributed by atoms with Crippen LogP contribution in [0.4, 0.5) is 17.6 Å². The first-order valence-electron chi connectivity index (χ1n) is 7.35. The van der Waals surface area contributed by atoms with Crippen molar-refractivity contribution in [3.63, 3.8) is 0 Å². The van der Waals surface area contributed by atoms with Crippen molar-refractivity contribution in [3.8, 4) is 0 Å². The summed E-state index contributed by atoms with van der Waals surface area (Å²) in [6.45, 7) is 2.41. The minimum atomic E-state index is -4.88. The van der Waals surface area contributed by atoms with E-state index in [1.165, 1.54) is 26.0 Å². The van der Waals surface area contributed by atoms with Crippen molar-refractivity contribution in [1.82, 2.24) is 9.29 Å². The van der Waals surface area contributed by atoms with Gasteiger partial charge >= 0.3 is 6.18 Å². The molecule has 4 nitrogen and oxygen atoms in total. The third kappa shape index (κ3) is 4.16. The Kier molecular flexibility index (Phi) is 5.48. The van der Waals surface area contributed by atoms with Gasteiger partial charge in [0.05, 0.1) is 0 Å². The molecule has 1 atom stereocenters. The van der Waals surface area contributed by atoms with E-state index in [4.69, 9.17) is 0 Å². The third-order valence-electron chi connectivity index (χ3n) is 3.53. The number of pyridine rings is 1. The van der Waals surface area contributed by atoms with Crippen LogP contribution in [0.25, 0.3) is 0 Å². The first kappa shape index (κ1) is 19.3. The highest BCUT2D eigenvalue weighted by molar-refractivity contribution is 7.89. The minimum absolute atomic E-state index is 0.321. The number of benzene rings is 1. The summed E-state index contributed by atoms with van der Waals surface area (Å²) < 4.78 is 79.8. The van der Waals surface area contributed by atoms with Crippen LogP contribution in [0.3, 0.4) is 0 Å². The van der Waals surface area contributed by atoms with E-state index < -0.39 is 39.6 Å². The van der Waals surface area contributed by atoms with Crippen LogP contribution in [0.5, 0.6) is 0 Å². The molecule has 0 saturated heterocycles. The van der Waals surface area contributed by atoms with Gasteiger partial charge in [-0.2, -0.15) is 17.5 Å². The Labute approximate surface area is 143 Å². The molecule has 2 aromatic rings. The molecular formula is C16H16F4N2O2S. The van der Waals surface area contributed by atoms with Crippen LogP contribution in [-0.4, -0.2) is 30.4 Å². The number of halogens is 4. The molecule has 0 aliphatic carbocycles. The van der Waals surface area contributed by atoms with Gasteiger partial charge in [0.1, 0.15) is 11.9 Å². The fraction of sp³-hybridized carbons (Fsp3) is 0.312. The minimum Gasteiger partial charge on any atom is -0.240 e. The average Bonchev–Trinajstić information content (AvgIpc) is 2.52. The molecular weight excluding hydrogens is 360 g/mol. The van der Waals surface area contributed by atoms with Crippen molar-refractivity contribution in [2.45, 2.75) is 31.1 Å². The first-order valence-corrected chi connectivity index (χ1v) is 8.79. The second-order valence-corrected chi connectivity index (χ2v) is 7.16. The highest BCUT2D eigenvalue weighted by Gasteiger charge is 2.49. The molecule has 0 fully saturated rings. The number of aromatic nitrogens is 1. The van der Waals surface area contributed by atoms with Crippen LogP contribution in [0, 0.1) is 12.7 Å². The summed E-state index contributed by atoms with van der Waals surface area (Å²) >= 11 is 0. The lowest BCUT2D eigenvalue weighted by Crippen LogP contribution is -2.42. The second-order valence-electron chi connectivity index (χ2n) is 5.32. The first-order chi connectivity index (χ1) is 11.6. The van der Waals surface area contributed by atoms with E-state index in [1.807, 2.05) is 0 Å². The zero-order valence-corrected chi connectivity index (χ0v) is 14.3. The molecule has 9 heteroatoms. The summed E-state index contributed by atoms with van der Waals surface area (Å²) in [6.07, 6.45) is -4.88. The molecule has 136 valence electrons. The molecule has 0 aliphatic heterocycles. The van der Waals surface area contributed by atoms with Crippen molar-refractivity contribution < 1.29 is 26.0 Å². The molecule has 2 rings (SSSR count). The number of sulfonamides is 1. The normalized spacial score (nSPS) is 13.9. The van der Waals surface area contributed by atoms with Crippen LogP contribution < -0.4 is 0 Å². The van der Waals surface area contributed by atoms with Gasteiger partial charge in [-0.1, -0.05) is 25.1 Å². The molecule has 1 aromatic heterocycles. The summed E-state index contributed by atoms with van der Waals surface area (Å²) in [6, 6.07) is 5.22. The van der Waals surface area contributed by atoms with Crippen molar-refractivity contribution in [1.29, 1.82) is 0 Å². The number of rotatable bonds is 5. The zero-order chi connectivity index (χ0) is 18.8. The summed E-state index contributed by atoms with van der Waals surface area (Å²) in [5.74, 6) is -0.712. The van der Waals surface area contributed by atoms with Gasteiger partial charge < -0.3 is 0 Å². The topological polar surface area (TPSA) is 50.3 Å². The number of hydrogen-bond acceptors (Lipinski definition) is 3. The van der Waals surface area contributed by atoms with Gasteiger partial charge in [0.25, 0.3) is 10.0 Å². The molecule has 0 bridgehead atoms. The van der Waals surface area contributed by atoms with Gasteiger partial charge in [-0.3, -0.25) is 0 Å². The highest BCUT2D eigenvalue weighted by Crippen LogP contribution is 2.40. The van der Waals surface area contributed by atoms with Gasteiger partial charge in [-0.25, -0.2) is 17.8 Å². The van der Waals surface area contributed by atoms with Crippen molar-refractivity contribution in [2.75, 3.05) is 6.54 Å². The summed E-state index contributed by atoms with van der Waals surface area (Å²) in [7, 11) is -4.51. The quantitative estimate of drug-likeness (QED) is 0.745. The number of alkyl halides is 3. The summed E-state index contributed by atoms with van der Waals surface area (Å²) in [4.78, 5) is 3.83. The fourth-order valence-corrected chi connectivity index (χ4v) is 4.05. The lowest BCUT2D eigenvalue weighted by Gasteiger charge is -2.31. The standard InChI is InChI=1S/C16H16F4N2O2S/c1-3-22(25(23,24)14-6-4-5-11(2)21-14)15(16(18,19)20)12-7-9-13(17)10-8-12/h4-10,15H,3H2,1-2H3/t15-/m0/s1. The van der Waals surface area contributed by atoms with Gasteiger partial charge in [0.15, 0.2) is 5.03 Å². The van der Waals surface area contributed by atoms with Crippen LogP contribution in [0.1, 0.15) is 24.2 Å². The van der Waals surface area contributed by atoms with Gasteiger partial charge in [0, 0.05) is 12.2 Å². The molecule has 0 saturated carbocycles. The average molecular weight is 376 g/mol. The Bertz CT molecular complexity index is 836. The van der Waals surface area contributed by atoms with Crippen LogP contribution in [0.2, 0.25) is 0 Å². The molecule has 0 N–H and O–H groups in total. The molecule has 0 aliphatic rings. The zero-order valence-electron chi connectivity index (χ0n) is 13.5. The third-order valence-corrected chi connectivity index (χ3v) is 5.37. The Morgan fingerprint density at radius 2 is 1.72 bits per heavy atom. The molecule has 0 radical (unpaired) electrons. The largest absolute Gasteiger partial charge is 0.409 e. The molecule has 1 heterocycles. The second kappa shape index (κ2) is 7.09. The Morgan fingerprint density at radius 3 is 2.20 bits per heavy atom. The summed E-state index contributed by atoms with van der Waals surface area (Å²) in [5.41, 5.74) is -0.00514. The Hall–Kier alpha value is -2.00. The molecule has 0 unspecified atom stereocenters. The SMILES string of the molecule is CCN([C@@H](c1ccc(F)cc1)C(F)(F)F)S(=O)(=O)c1cccc(C)n1. The number of hydrogen-bond donors (Lipinski definition) is 0.